The largest absolute Gasteiger partial charge is 0.367 e. The minimum atomic E-state index is 0.513. The minimum absolute atomic E-state index is 0.513. The first kappa shape index (κ1) is 13.1. The molecule has 2 unspecified atom stereocenters. The van der Waals surface area contributed by atoms with Crippen LogP contribution in [0.25, 0.3) is 0 Å². The van der Waals surface area contributed by atoms with Crippen molar-refractivity contribution < 1.29 is 0 Å². The molecule has 0 spiro atoms. The summed E-state index contributed by atoms with van der Waals surface area (Å²) in [6.07, 6.45) is 6.71. The molecule has 1 aliphatic rings. The highest BCUT2D eigenvalue weighted by atomic mass is 15.3. The van der Waals surface area contributed by atoms with E-state index in [1.807, 2.05) is 6.07 Å². The topological polar surface area (TPSA) is 75.9 Å². The molecule has 5 heteroatoms. The molecule has 0 saturated heterocycles. The highest BCUT2D eigenvalue weighted by molar-refractivity contribution is 5.46. The molecule has 1 saturated carbocycles. The second kappa shape index (κ2) is 6.00. The van der Waals surface area contributed by atoms with E-state index in [2.05, 4.69) is 34.6 Å². The first-order valence-corrected chi connectivity index (χ1v) is 6.76. The van der Waals surface area contributed by atoms with Crippen molar-refractivity contribution in [1.29, 1.82) is 0 Å². The Bertz CT molecular complexity index is 379. The third-order valence-corrected chi connectivity index (χ3v) is 3.82. The van der Waals surface area contributed by atoms with Crippen LogP contribution >= 0.6 is 0 Å². The van der Waals surface area contributed by atoms with Gasteiger partial charge in [-0.25, -0.2) is 15.8 Å². The molecule has 4 N–H and O–H groups in total. The molecule has 1 fully saturated rings. The zero-order valence-corrected chi connectivity index (χ0v) is 11.2. The van der Waals surface area contributed by atoms with Crippen molar-refractivity contribution in [2.45, 2.75) is 45.6 Å². The molecule has 0 amide bonds. The second-order valence-electron chi connectivity index (χ2n) is 5.38. The van der Waals surface area contributed by atoms with Gasteiger partial charge in [-0.3, -0.25) is 0 Å². The number of nitrogens with two attached hydrogens (primary N) is 1. The Labute approximate surface area is 109 Å². The van der Waals surface area contributed by atoms with E-state index >= 15 is 0 Å². The predicted molar refractivity (Wildman–Crippen MR) is 74.0 cm³/mol. The minimum Gasteiger partial charge on any atom is -0.367 e. The molecule has 0 radical (unpaired) electrons. The van der Waals surface area contributed by atoms with Gasteiger partial charge in [0.05, 0.1) is 0 Å². The number of hydrogen-bond donors (Lipinski definition) is 3. The molecule has 18 heavy (non-hydrogen) atoms. The Balaban J connectivity index is 2.05. The second-order valence-corrected chi connectivity index (χ2v) is 5.38. The highest BCUT2D eigenvalue weighted by Crippen LogP contribution is 2.32. The molecule has 100 valence electrons. The number of nitrogens with one attached hydrogen (secondary N) is 2. The summed E-state index contributed by atoms with van der Waals surface area (Å²) >= 11 is 0. The molecular weight excluding hydrogens is 226 g/mol. The van der Waals surface area contributed by atoms with Gasteiger partial charge in [0.1, 0.15) is 18.0 Å². The van der Waals surface area contributed by atoms with Crippen LogP contribution in [-0.2, 0) is 0 Å². The molecular formula is C13H23N5. The maximum absolute atomic E-state index is 5.36. The van der Waals surface area contributed by atoms with Crippen molar-refractivity contribution in [3.8, 4) is 0 Å². The summed E-state index contributed by atoms with van der Waals surface area (Å²) in [5.74, 6) is 8.29. The van der Waals surface area contributed by atoms with Crippen molar-refractivity contribution in [2.75, 3.05) is 10.7 Å². The Morgan fingerprint density at radius 2 is 1.94 bits per heavy atom. The quantitative estimate of drug-likeness (QED) is 0.564. The first-order chi connectivity index (χ1) is 8.70. The molecule has 0 bridgehead atoms. The summed E-state index contributed by atoms with van der Waals surface area (Å²) in [5.41, 5.74) is 2.55. The standard InChI is InChI=1S/C13H23N5/c1-9(2)10-5-3-4-6-11(10)17-12-7-13(18-14)16-8-15-12/h7-11H,3-6,14H2,1-2H3,(H2,15,16,17,18). The summed E-state index contributed by atoms with van der Waals surface area (Å²) in [6.45, 7) is 4.61. The van der Waals surface area contributed by atoms with Crippen LogP contribution in [-0.4, -0.2) is 16.0 Å². The molecule has 1 heterocycles. The highest BCUT2D eigenvalue weighted by Gasteiger charge is 2.27. The zero-order valence-electron chi connectivity index (χ0n) is 11.2. The molecule has 0 aromatic carbocycles. The summed E-state index contributed by atoms with van der Waals surface area (Å²) in [4.78, 5) is 8.28. The number of rotatable bonds is 4. The third kappa shape index (κ3) is 3.10. The molecule has 0 aliphatic heterocycles. The van der Waals surface area contributed by atoms with E-state index in [9.17, 15) is 0 Å². The van der Waals surface area contributed by atoms with Crippen LogP contribution < -0.4 is 16.6 Å². The zero-order chi connectivity index (χ0) is 13.0. The van der Waals surface area contributed by atoms with Gasteiger partial charge >= 0.3 is 0 Å². The fourth-order valence-corrected chi connectivity index (χ4v) is 2.84. The van der Waals surface area contributed by atoms with Gasteiger partial charge in [0.25, 0.3) is 0 Å². The molecule has 2 atom stereocenters. The number of hydrazine groups is 1. The molecule has 5 nitrogen and oxygen atoms in total. The lowest BCUT2D eigenvalue weighted by molar-refractivity contribution is 0.253. The number of aromatic nitrogens is 2. The van der Waals surface area contributed by atoms with E-state index in [-0.39, 0.29) is 0 Å². The third-order valence-electron chi connectivity index (χ3n) is 3.82. The summed E-state index contributed by atoms with van der Waals surface area (Å²) < 4.78 is 0. The van der Waals surface area contributed by atoms with Crippen molar-refractivity contribution >= 4 is 11.6 Å². The summed E-state index contributed by atoms with van der Waals surface area (Å²) in [5, 5.41) is 3.54. The molecule has 1 aromatic rings. The smallest absolute Gasteiger partial charge is 0.145 e. The van der Waals surface area contributed by atoms with E-state index in [1.165, 1.54) is 32.0 Å². The number of anilines is 2. The van der Waals surface area contributed by atoms with Crippen LogP contribution in [0.2, 0.25) is 0 Å². The summed E-state index contributed by atoms with van der Waals surface area (Å²) in [7, 11) is 0. The average molecular weight is 249 g/mol. The van der Waals surface area contributed by atoms with Gasteiger partial charge in [0.15, 0.2) is 0 Å². The van der Waals surface area contributed by atoms with Crippen LogP contribution in [0.3, 0.4) is 0 Å². The number of hydrogen-bond acceptors (Lipinski definition) is 5. The van der Waals surface area contributed by atoms with Gasteiger partial charge in [-0.1, -0.05) is 26.7 Å². The van der Waals surface area contributed by atoms with Gasteiger partial charge in [-0.2, -0.15) is 0 Å². The fraction of sp³-hybridized carbons (Fsp3) is 0.692. The Morgan fingerprint density at radius 3 is 2.67 bits per heavy atom. The van der Waals surface area contributed by atoms with E-state index in [4.69, 9.17) is 5.84 Å². The van der Waals surface area contributed by atoms with Gasteiger partial charge in [-0.15, -0.1) is 0 Å². The molecule has 1 aromatic heterocycles. The van der Waals surface area contributed by atoms with E-state index < -0.39 is 0 Å². The van der Waals surface area contributed by atoms with E-state index in [0.29, 0.717) is 17.8 Å². The Morgan fingerprint density at radius 1 is 1.22 bits per heavy atom. The maximum atomic E-state index is 5.36. The lowest BCUT2D eigenvalue weighted by Crippen LogP contribution is -2.35. The number of nitrogen functional groups attached to an aromatic ring is 1. The van der Waals surface area contributed by atoms with Crippen molar-refractivity contribution in [2.24, 2.45) is 17.7 Å². The normalized spacial score (nSPS) is 24.0. The van der Waals surface area contributed by atoms with Crippen molar-refractivity contribution in [3.05, 3.63) is 12.4 Å². The molecule has 2 rings (SSSR count). The van der Waals surface area contributed by atoms with Crippen LogP contribution in [0.15, 0.2) is 12.4 Å². The summed E-state index contributed by atoms with van der Waals surface area (Å²) in [6, 6.07) is 2.37. The number of nitrogens with zero attached hydrogens (tertiary/aromatic N) is 2. The fourth-order valence-electron chi connectivity index (χ4n) is 2.84. The lowest BCUT2D eigenvalue weighted by Gasteiger charge is -2.35. The first-order valence-electron chi connectivity index (χ1n) is 6.76. The Hall–Kier alpha value is -1.36. The van der Waals surface area contributed by atoms with Crippen LogP contribution in [0.4, 0.5) is 11.6 Å². The Kier molecular flexibility index (Phi) is 4.36. The SMILES string of the molecule is CC(C)C1CCCCC1Nc1cc(NN)ncn1. The average Bonchev–Trinajstić information content (AvgIpc) is 2.39. The lowest BCUT2D eigenvalue weighted by atomic mass is 9.78. The van der Waals surface area contributed by atoms with Crippen LogP contribution in [0.5, 0.6) is 0 Å². The maximum Gasteiger partial charge on any atom is 0.145 e. The predicted octanol–water partition coefficient (Wildman–Crippen LogP) is 2.39. The van der Waals surface area contributed by atoms with Crippen LogP contribution in [0, 0.1) is 11.8 Å². The van der Waals surface area contributed by atoms with Gasteiger partial charge < -0.3 is 10.7 Å². The van der Waals surface area contributed by atoms with Gasteiger partial charge in [0.2, 0.25) is 0 Å². The van der Waals surface area contributed by atoms with Crippen molar-refractivity contribution in [1.82, 2.24) is 9.97 Å². The van der Waals surface area contributed by atoms with E-state index in [1.54, 1.807) is 0 Å². The monoisotopic (exact) mass is 249 g/mol. The van der Waals surface area contributed by atoms with Gasteiger partial charge in [-0.05, 0) is 24.7 Å². The molecule has 1 aliphatic carbocycles. The van der Waals surface area contributed by atoms with Crippen molar-refractivity contribution in [3.63, 3.8) is 0 Å². The van der Waals surface area contributed by atoms with E-state index in [0.717, 1.165) is 11.7 Å². The van der Waals surface area contributed by atoms with Crippen LogP contribution in [0.1, 0.15) is 39.5 Å². The van der Waals surface area contributed by atoms with Gasteiger partial charge in [0, 0.05) is 12.1 Å².